The van der Waals surface area contributed by atoms with Gasteiger partial charge in [-0.2, -0.15) is 0 Å². The van der Waals surface area contributed by atoms with E-state index in [1.807, 2.05) is 13.8 Å². The Morgan fingerprint density at radius 2 is 2.32 bits per heavy atom. The number of ether oxygens (including phenoxy) is 1. The molecule has 3 heterocycles. The summed E-state index contributed by atoms with van der Waals surface area (Å²) in [6.45, 7) is 4.37. The van der Waals surface area contributed by atoms with Crippen LogP contribution in [0.4, 0.5) is 0 Å². The lowest BCUT2D eigenvalue weighted by molar-refractivity contribution is -0.139. The van der Waals surface area contributed by atoms with Gasteiger partial charge in [0.05, 0.1) is 6.04 Å². The van der Waals surface area contributed by atoms with E-state index in [0.717, 1.165) is 12.0 Å². The second-order valence-electron chi connectivity index (χ2n) is 5.70. The quantitative estimate of drug-likeness (QED) is 0.828. The highest BCUT2D eigenvalue weighted by Gasteiger charge is 2.47. The number of carbonyl (C=O) groups is 1. The Balaban J connectivity index is 2.08. The van der Waals surface area contributed by atoms with Crippen LogP contribution >= 0.6 is 0 Å². The van der Waals surface area contributed by atoms with E-state index in [2.05, 4.69) is 4.98 Å². The summed E-state index contributed by atoms with van der Waals surface area (Å²) in [4.78, 5) is 17.9. The molecule has 0 aromatic carbocycles. The second-order valence-corrected chi connectivity index (χ2v) is 5.70. The number of hydrogen-bond donors (Lipinski definition) is 1. The van der Waals surface area contributed by atoms with Crippen molar-refractivity contribution in [2.24, 2.45) is 0 Å². The van der Waals surface area contributed by atoms with Gasteiger partial charge in [-0.1, -0.05) is 0 Å². The number of likely N-dealkylation sites (tertiary alicyclic amines) is 1. The topological polar surface area (TPSA) is 62.7 Å². The molecule has 0 bridgehead atoms. The lowest BCUT2D eigenvalue weighted by Gasteiger charge is -2.45. The van der Waals surface area contributed by atoms with E-state index in [-0.39, 0.29) is 11.9 Å². The molecule has 0 saturated carbocycles. The fourth-order valence-corrected chi connectivity index (χ4v) is 2.90. The highest BCUT2D eigenvalue weighted by molar-refractivity contribution is 5.79. The van der Waals surface area contributed by atoms with Crippen LogP contribution in [0.3, 0.4) is 0 Å². The number of nitrogens with zero attached hydrogens (tertiary/aromatic N) is 2. The number of amides is 1. The summed E-state index contributed by atoms with van der Waals surface area (Å²) < 4.78 is 5.83. The van der Waals surface area contributed by atoms with Crippen molar-refractivity contribution >= 4 is 5.91 Å². The van der Waals surface area contributed by atoms with Crippen LogP contribution in [0, 0.1) is 0 Å². The third-order valence-electron chi connectivity index (χ3n) is 3.96. The van der Waals surface area contributed by atoms with E-state index in [4.69, 9.17) is 4.74 Å². The van der Waals surface area contributed by atoms with Crippen LogP contribution in [0.1, 0.15) is 38.3 Å². The third-order valence-corrected chi connectivity index (χ3v) is 3.96. The van der Waals surface area contributed by atoms with Crippen molar-refractivity contribution in [2.75, 3.05) is 6.54 Å². The first-order chi connectivity index (χ1) is 9.00. The monoisotopic (exact) mass is 262 g/mol. The van der Waals surface area contributed by atoms with Gasteiger partial charge in [-0.15, -0.1) is 0 Å². The van der Waals surface area contributed by atoms with E-state index in [1.54, 1.807) is 23.4 Å². The molecule has 102 valence electrons. The predicted octanol–water partition coefficient (Wildman–Crippen LogP) is 1.28. The normalized spacial score (nSPS) is 29.0. The van der Waals surface area contributed by atoms with Crippen molar-refractivity contribution in [1.82, 2.24) is 9.88 Å². The summed E-state index contributed by atoms with van der Waals surface area (Å²) in [5.74, 6) is 0.798. The highest BCUT2D eigenvalue weighted by Crippen LogP contribution is 2.43. The molecule has 0 unspecified atom stereocenters. The molecule has 3 rings (SSSR count). The van der Waals surface area contributed by atoms with Crippen LogP contribution in [-0.2, 0) is 4.79 Å². The number of carbonyl (C=O) groups excluding carboxylic acids is 1. The zero-order valence-corrected chi connectivity index (χ0v) is 11.2. The molecule has 19 heavy (non-hydrogen) atoms. The molecule has 1 aromatic rings. The molecule has 1 fully saturated rings. The van der Waals surface area contributed by atoms with E-state index < -0.39 is 11.7 Å². The first kappa shape index (κ1) is 12.4. The van der Waals surface area contributed by atoms with Gasteiger partial charge in [0.2, 0.25) is 5.91 Å². The summed E-state index contributed by atoms with van der Waals surface area (Å²) in [5.41, 5.74) is 0.0756. The van der Waals surface area contributed by atoms with E-state index >= 15 is 0 Å². The molecule has 2 aliphatic heterocycles. The molecule has 1 N–H and O–H groups in total. The maximum absolute atomic E-state index is 12.0. The Morgan fingerprint density at radius 3 is 3.00 bits per heavy atom. The number of rotatable bonds is 1. The van der Waals surface area contributed by atoms with Crippen LogP contribution in [0.25, 0.3) is 0 Å². The molecule has 0 radical (unpaired) electrons. The van der Waals surface area contributed by atoms with Crippen molar-refractivity contribution in [3.63, 3.8) is 0 Å². The number of aromatic nitrogens is 1. The molecule has 2 atom stereocenters. The summed E-state index contributed by atoms with van der Waals surface area (Å²) in [6, 6.07) is 1.43. The molecule has 5 heteroatoms. The molecule has 2 aliphatic rings. The number of fused-ring (bicyclic) bond motifs is 1. The van der Waals surface area contributed by atoms with Crippen LogP contribution in [0.15, 0.2) is 18.5 Å². The van der Waals surface area contributed by atoms with Gasteiger partial charge >= 0.3 is 0 Å². The van der Waals surface area contributed by atoms with Gasteiger partial charge in [-0.25, -0.2) is 0 Å². The zero-order chi connectivity index (χ0) is 13.6. The number of aliphatic hydroxyl groups excluding tert-OH is 1. The number of pyridine rings is 1. The van der Waals surface area contributed by atoms with Crippen LogP contribution in [0.2, 0.25) is 0 Å². The summed E-state index contributed by atoms with van der Waals surface area (Å²) >= 11 is 0. The largest absolute Gasteiger partial charge is 0.485 e. The Bertz CT molecular complexity index is 515. The fourth-order valence-electron chi connectivity index (χ4n) is 2.90. The SMILES string of the molecule is CC1(C)Oc2ccncc2[C@H](N2CCCC2=O)[C@H]1O. The Morgan fingerprint density at radius 1 is 1.53 bits per heavy atom. The van der Waals surface area contributed by atoms with E-state index in [0.29, 0.717) is 18.7 Å². The van der Waals surface area contributed by atoms with E-state index in [1.165, 1.54) is 0 Å². The van der Waals surface area contributed by atoms with Crippen LogP contribution < -0.4 is 4.74 Å². The number of hydrogen-bond acceptors (Lipinski definition) is 4. The average molecular weight is 262 g/mol. The van der Waals surface area contributed by atoms with Crippen molar-refractivity contribution in [3.8, 4) is 5.75 Å². The molecule has 1 amide bonds. The predicted molar refractivity (Wildman–Crippen MR) is 68.6 cm³/mol. The van der Waals surface area contributed by atoms with Crippen molar-refractivity contribution in [1.29, 1.82) is 0 Å². The summed E-state index contributed by atoms with van der Waals surface area (Å²) in [6.07, 6.45) is 3.99. The molecular weight excluding hydrogens is 244 g/mol. The van der Waals surface area contributed by atoms with Gasteiger partial charge in [0.15, 0.2) is 0 Å². The van der Waals surface area contributed by atoms with Crippen molar-refractivity contribution in [3.05, 3.63) is 24.0 Å². The standard InChI is InChI=1S/C14H18N2O3/c1-14(2)13(18)12(16-7-3-4-11(16)17)9-8-15-6-5-10(9)19-14/h5-6,8,12-13,18H,3-4,7H2,1-2H3/t12-,13+/m0/s1. The average Bonchev–Trinajstić information content (AvgIpc) is 2.77. The van der Waals surface area contributed by atoms with Gasteiger partial charge in [0.1, 0.15) is 17.5 Å². The molecule has 1 aromatic heterocycles. The third kappa shape index (κ3) is 1.89. The molecule has 1 saturated heterocycles. The van der Waals surface area contributed by atoms with E-state index in [9.17, 15) is 9.90 Å². The highest BCUT2D eigenvalue weighted by atomic mass is 16.5. The molecule has 0 spiro atoms. The minimum absolute atomic E-state index is 0.0940. The van der Waals surface area contributed by atoms with Gasteiger partial charge in [0.25, 0.3) is 0 Å². The maximum atomic E-state index is 12.0. The second kappa shape index (κ2) is 4.20. The maximum Gasteiger partial charge on any atom is 0.223 e. The zero-order valence-electron chi connectivity index (χ0n) is 11.2. The molecular formula is C14H18N2O3. The minimum Gasteiger partial charge on any atom is -0.485 e. The first-order valence-electron chi connectivity index (χ1n) is 6.61. The lowest BCUT2D eigenvalue weighted by Crippen LogP contribution is -2.53. The Labute approximate surface area is 112 Å². The molecule has 0 aliphatic carbocycles. The summed E-state index contributed by atoms with van der Waals surface area (Å²) in [7, 11) is 0. The Hall–Kier alpha value is -1.62. The van der Waals surface area contributed by atoms with Gasteiger partial charge in [-0.05, 0) is 26.3 Å². The van der Waals surface area contributed by atoms with Crippen LogP contribution in [0.5, 0.6) is 5.75 Å². The summed E-state index contributed by atoms with van der Waals surface area (Å²) in [5, 5.41) is 10.6. The van der Waals surface area contributed by atoms with Crippen molar-refractivity contribution < 1.29 is 14.6 Å². The van der Waals surface area contributed by atoms with Crippen molar-refractivity contribution in [2.45, 2.75) is 44.4 Å². The van der Waals surface area contributed by atoms with Gasteiger partial charge < -0.3 is 14.7 Å². The fraction of sp³-hybridized carbons (Fsp3) is 0.571. The Kier molecular flexibility index (Phi) is 2.74. The number of aliphatic hydroxyl groups is 1. The minimum atomic E-state index is -0.758. The first-order valence-corrected chi connectivity index (χ1v) is 6.61. The smallest absolute Gasteiger partial charge is 0.223 e. The molecule has 5 nitrogen and oxygen atoms in total. The van der Waals surface area contributed by atoms with Gasteiger partial charge in [0, 0.05) is 30.9 Å². The van der Waals surface area contributed by atoms with Gasteiger partial charge in [-0.3, -0.25) is 9.78 Å². The van der Waals surface area contributed by atoms with Crippen LogP contribution in [-0.4, -0.2) is 39.1 Å². The lowest BCUT2D eigenvalue weighted by atomic mass is 9.86.